The van der Waals surface area contributed by atoms with Gasteiger partial charge in [0, 0.05) is 30.1 Å². The lowest BCUT2D eigenvalue weighted by atomic mass is 10.0. The van der Waals surface area contributed by atoms with Crippen LogP contribution in [0.2, 0.25) is 0 Å². The second-order valence-corrected chi connectivity index (χ2v) is 6.27. The maximum Gasteiger partial charge on any atom is 0.124 e. The van der Waals surface area contributed by atoms with E-state index < -0.39 is 0 Å². The largest absolute Gasteiger partial charge is 0.494 e. The number of benzene rings is 1. The van der Waals surface area contributed by atoms with Gasteiger partial charge in [0.2, 0.25) is 0 Å². The third-order valence-corrected chi connectivity index (χ3v) is 4.18. The summed E-state index contributed by atoms with van der Waals surface area (Å²) in [6.07, 6.45) is 2.39. The maximum absolute atomic E-state index is 5.88. The quantitative estimate of drug-likeness (QED) is 0.825. The van der Waals surface area contributed by atoms with Crippen molar-refractivity contribution >= 4 is 0 Å². The lowest BCUT2D eigenvalue weighted by molar-refractivity contribution is 0.254. The molecule has 1 N–H and O–H groups in total. The van der Waals surface area contributed by atoms with Crippen LogP contribution >= 0.6 is 0 Å². The van der Waals surface area contributed by atoms with E-state index in [1.165, 1.54) is 11.1 Å². The highest BCUT2D eigenvalue weighted by atomic mass is 16.5. The highest BCUT2D eigenvalue weighted by Gasteiger charge is 2.22. The van der Waals surface area contributed by atoms with Gasteiger partial charge in [0.15, 0.2) is 0 Å². The minimum absolute atomic E-state index is 0.275. The molecule has 118 valence electrons. The molecule has 3 heteroatoms. The van der Waals surface area contributed by atoms with E-state index in [9.17, 15) is 0 Å². The normalized spacial score (nSPS) is 18.5. The van der Waals surface area contributed by atoms with E-state index in [-0.39, 0.29) is 6.10 Å². The molecule has 1 heterocycles. The van der Waals surface area contributed by atoms with Crippen molar-refractivity contribution in [3.8, 4) is 11.5 Å². The Hall–Kier alpha value is -1.22. The topological polar surface area (TPSA) is 30.5 Å². The maximum atomic E-state index is 5.88. The SMILES string of the molecule is CCOc1cc2c(cc1CNC(CC)C(C)C)OC(C)C2. The molecule has 0 fully saturated rings. The first-order chi connectivity index (χ1) is 10.0. The Kier molecular flexibility index (Phi) is 5.51. The number of hydrogen-bond acceptors (Lipinski definition) is 3. The molecule has 0 spiro atoms. The summed E-state index contributed by atoms with van der Waals surface area (Å²) in [5.41, 5.74) is 2.47. The number of rotatable bonds is 7. The zero-order valence-electron chi connectivity index (χ0n) is 14.0. The van der Waals surface area contributed by atoms with E-state index >= 15 is 0 Å². The van der Waals surface area contributed by atoms with Crippen LogP contribution in [-0.4, -0.2) is 18.8 Å². The molecule has 2 atom stereocenters. The summed E-state index contributed by atoms with van der Waals surface area (Å²) in [7, 11) is 0. The highest BCUT2D eigenvalue weighted by Crippen LogP contribution is 2.35. The van der Waals surface area contributed by atoms with Gasteiger partial charge in [0.05, 0.1) is 6.61 Å². The Balaban J connectivity index is 2.15. The smallest absolute Gasteiger partial charge is 0.124 e. The van der Waals surface area contributed by atoms with E-state index in [0.29, 0.717) is 18.6 Å². The lowest BCUT2D eigenvalue weighted by Gasteiger charge is -2.22. The molecule has 2 unspecified atom stereocenters. The number of nitrogens with one attached hydrogen (secondary N) is 1. The van der Waals surface area contributed by atoms with Crippen LogP contribution in [0.25, 0.3) is 0 Å². The van der Waals surface area contributed by atoms with Crippen molar-refractivity contribution in [1.82, 2.24) is 5.32 Å². The molecule has 0 aliphatic carbocycles. The van der Waals surface area contributed by atoms with Crippen molar-refractivity contribution in [3.05, 3.63) is 23.3 Å². The average Bonchev–Trinajstić information content (AvgIpc) is 2.78. The number of ether oxygens (including phenoxy) is 2. The molecule has 0 aromatic heterocycles. The predicted octanol–water partition coefficient (Wildman–Crippen LogP) is 3.93. The molecule has 3 nitrogen and oxygen atoms in total. The number of fused-ring (bicyclic) bond motifs is 1. The van der Waals surface area contributed by atoms with Crippen molar-refractivity contribution in [2.24, 2.45) is 5.92 Å². The van der Waals surface area contributed by atoms with Crippen LogP contribution in [0.5, 0.6) is 11.5 Å². The van der Waals surface area contributed by atoms with Crippen LogP contribution in [0.3, 0.4) is 0 Å². The van der Waals surface area contributed by atoms with Crippen LogP contribution in [0, 0.1) is 5.92 Å². The summed E-state index contributed by atoms with van der Waals surface area (Å²) < 4.78 is 11.7. The Morgan fingerprint density at radius 3 is 2.71 bits per heavy atom. The summed E-state index contributed by atoms with van der Waals surface area (Å²) in [4.78, 5) is 0. The van der Waals surface area contributed by atoms with Gasteiger partial charge in [-0.15, -0.1) is 0 Å². The van der Waals surface area contributed by atoms with E-state index in [2.05, 4.69) is 45.1 Å². The molecule has 1 aromatic rings. The third-order valence-electron chi connectivity index (χ3n) is 4.18. The second-order valence-electron chi connectivity index (χ2n) is 6.27. The van der Waals surface area contributed by atoms with Gasteiger partial charge in [0.1, 0.15) is 17.6 Å². The van der Waals surface area contributed by atoms with Crippen molar-refractivity contribution in [1.29, 1.82) is 0 Å². The van der Waals surface area contributed by atoms with Gasteiger partial charge in [0.25, 0.3) is 0 Å². The van der Waals surface area contributed by atoms with E-state index in [0.717, 1.165) is 30.9 Å². The van der Waals surface area contributed by atoms with Crippen LogP contribution in [0.1, 0.15) is 52.2 Å². The fourth-order valence-corrected chi connectivity index (χ4v) is 3.00. The third kappa shape index (κ3) is 3.91. The summed E-state index contributed by atoms with van der Waals surface area (Å²) in [6, 6.07) is 4.85. The fourth-order valence-electron chi connectivity index (χ4n) is 3.00. The fraction of sp³-hybridized carbons (Fsp3) is 0.667. The van der Waals surface area contributed by atoms with Gasteiger partial charge in [-0.3, -0.25) is 0 Å². The van der Waals surface area contributed by atoms with Gasteiger partial charge in [-0.05, 0) is 38.3 Å². The molecule has 21 heavy (non-hydrogen) atoms. The van der Waals surface area contributed by atoms with Gasteiger partial charge < -0.3 is 14.8 Å². The second kappa shape index (κ2) is 7.17. The molecule has 1 aromatic carbocycles. The van der Waals surface area contributed by atoms with Crippen molar-refractivity contribution in [2.45, 2.75) is 66.2 Å². The molecular formula is C18H29NO2. The van der Waals surface area contributed by atoms with Gasteiger partial charge >= 0.3 is 0 Å². The van der Waals surface area contributed by atoms with E-state index in [1.807, 2.05) is 6.92 Å². The summed E-state index contributed by atoms with van der Waals surface area (Å²) in [5.74, 6) is 2.66. The first-order valence-corrected chi connectivity index (χ1v) is 8.23. The van der Waals surface area contributed by atoms with Crippen LogP contribution in [0.15, 0.2) is 12.1 Å². The average molecular weight is 291 g/mol. The Bertz CT molecular complexity index is 471. The molecule has 2 rings (SSSR count). The zero-order chi connectivity index (χ0) is 15.4. The molecule has 0 saturated heterocycles. The monoisotopic (exact) mass is 291 g/mol. The molecular weight excluding hydrogens is 262 g/mol. The van der Waals surface area contributed by atoms with Gasteiger partial charge in [-0.2, -0.15) is 0 Å². The molecule has 0 bridgehead atoms. The summed E-state index contributed by atoms with van der Waals surface area (Å²) in [5, 5.41) is 3.65. The Morgan fingerprint density at radius 1 is 1.33 bits per heavy atom. The molecule has 1 aliphatic rings. The standard InChI is InChI=1S/C18H29NO2/c1-6-16(12(3)4)19-11-15-10-18-14(8-13(5)21-18)9-17(15)20-7-2/h9-10,12-13,16,19H,6-8,11H2,1-5H3. The molecule has 0 saturated carbocycles. The first-order valence-electron chi connectivity index (χ1n) is 8.23. The number of hydrogen-bond donors (Lipinski definition) is 1. The minimum atomic E-state index is 0.275. The van der Waals surface area contributed by atoms with Crippen molar-refractivity contribution in [2.75, 3.05) is 6.61 Å². The van der Waals surface area contributed by atoms with Gasteiger partial charge in [-0.1, -0.05) is 20.8 Å². The lowest BCUT2D eigenvalue weighted by Crippen LogP contribution is -2.32. The Labute approximate surface area is 129 Å². The molecule has 1 aliphatic heterocycles. The van der Waals surface area contributed by atoms with Gasteiger partial charge in [-0.25, -0.2) is 0 Å². The predicted molar refractivity (Wildman–Crippen MR) is 87.2 cm³/mol. The highest BCUT2D eigenvalue weighted by molar-refractivity contribution is 5.48. The van der Waals surface area contributed by atoms with Crippen LogP contribution in [-0.2, 0) is 13.0 Å². The molecule has 0 radical (unpaired) electrons. The summed E-state index contributed by atoms with van der Waals surface area (Å²) >= 11 is 0. The van der Waals surface area contributed by atoms with Crippen LogP contribution < -0.4 is 14.8 Å². The zero-order valence-corrected chi connectivity index (χ0v) is 14.0. The van der Waals surface area contributed by atoms with Crippen LogP contribution in [0.4, 0.5) is 0 Å². The first kappa shape index (κ1) is 16.2. The van der Waals surface area contributed by atoms with Crippen molar-refractivity contribution < 1.29 is 9.47 Å². The van der Waals surface area contributed by atoms with E-state index in [4.69, 9.17) is 9.47 Å². The molecule has 0 amide bonds. The summed E-state index contributed by atoms with van der Waals surface area (Å²) in [6.45, 7) is 12.4. The Morgan fingerprint density at radius 2 is 2.10 bits per heavy atom. The van der Waals surface area contributed by atoms with E-state index in [1.54, 1.807) is 0 Å². The van der Waals surface area contributed by atoms with Crippen molar-refractivity contribution in [3.63, 3.8) is 0 Å². The minimum Gasteiger partial charge on any atom is -0.494 e.